The molecule has 2 unspecified atom stereocenters. The zero-order valence-electron chi connectivity index (χ0n) is 13.6. The minimum Gasteiger partial charge on any atom is -0.497 e. The van der Waals surface area contributed by atoms with Crippen molar-refractivity contribution in [3.63, 3.8) is 0 Å². The first-order chi connectivity index (χ1) is 9.47. The lowest BCUT2D eigenvalue weighted by Gasteiger charge is -2.40. The van der Waals surface area contributed by atoms with Crippen molar-refractivity contribution >= 4 is 0 Å². The summed E-state index contributed by atoms with van der Waals surface area (Å²) in [5.74, 6) is 0.871. The lowest BCUT2D eigenvalue weighted by Crippen LogP contribution is -2.53. The number of rotatable bonds is 8. The van der Waals surface area contributed by atoms with E-state index in [0.717, 1.165) is 37.2 Å². The molecule has 0 aliphatic rings. The summed E-state index contributed by atoms with van der Waals surface area (Å²) >= 11 is 0. The Labute approximate surface area is 124 Å². The van der Waals surface area contributed by atoms with Crippen LogP contribution in [0.3, 0.4) is 0 Å². The SMILES string of the molecule is CCCN(CCC)C(C)C(C)(N)c1ccc(OC)cc1. The number of nitrogens with zero attached hydrogens (tertiary/aromatic N) is 1. The van der Waals surface area contributed by atoms with Gasteiger partial charge < -0.3 is 10.5 Å². The van der Waals surface area contributed by atoms with Crippen molar-refractivity contribution in [1.29, 1.82) is 0 Å². The van der Waals surface area contributed by atoms with Gasteiger partial charge >= 0.3 is 0 Å². The molecule has 0 radical (unpaired) electrons. The van der Waals surface area contributed by atoms with Gasteiger partial charge in [0.2, 0.25) is 0 Å². The number of methoxy groups -OCH3 is 1. The van der Waals surface area contributed by atoms with Crippen LogP contribution < -0.4 is 10.5 Å². The van der Waals surface area contributed by atoms with E-state index in [0.29, 0.717) is 6.04 Å². The highest BCUT2D eigenvalue weighted by Crippen LogP contribution is 2.27. The van der Waals surface area contributed by atoms with Crippen molar-refractivity contribution in [2.24, 2.45) is 5.73 Å². The number of hydrogen-bond acceptors (Lipinski definition) is 3. The van der Waals surface area contributed by atoms with Crippen LogP contribution >= 0.6 is 0 Å². The van der Waals surface area contributed by atoms with Gasteiger partial charge in [-0.05, 0) is 57.5 Å². The predicted molar refractivity (Wildman–Crippen MR) is 86.2 cm³/mol. The summed E-state index contributed by atoms with van der Waals surface area (Å²) in [5, 5.41) is 0. The van der Waals surface area contributed by atoms with Gasteiger partial charge in [-0.3, -0.25) is 4.90 Å². The molecule has 2 N–H and O–H groups in total. The highest BCUT2D eigenvalue weighted by molar-refractivity contribution is 5.32. The maximum absolute atomic E-state index is 6.65. The van der Waals surface area contributed by atoms with E-state index < -0.39 is 0 Å². The van der Waals surface area contributed by atoms with E-state index in [-0.39, 0.29) is 5.54 Å². The minimum atomic E-state index is -0.364. The number of nitrogens with two attached hydrogens (primary N) is 1. The molecule has 0 aromatic heterocycles. The van der Waals surface area contributed by atoms with Crippen molar-refractivity contribution in [1.82, 2.24) is 4.90 Å². The number of ether oxygens (including phenoxy) is 1. The van der Waals surface area contributed by atoms with Gasteiger partial charge in [0, 0.05) is 6.04 Å². The second kappa shape index (κ2) is 7.65. The average Bonchev–Trinajstić information content (AvgIpc) is 2.46. The zero-order chi connectivity index (χ0) is 15.2. The van der Waals surface area contributed by atoms with E-state index in [1.165, 1.54) is 0 Å². The predicted octanol–water partition coefficient (Wildman–Crippen LogP) is 3.38. The second-order valence-corrected chi connectivity index (χ2v) is 5.72. The quantitative estimate of drug-likeness (QED) is 0.792. The first-order valence-electron chi connectivity index (χ1n) is 7.64. The molecule has 0 aliphatic carbocycles. The summed E-state index contributed by atoms with van der Waals surface area (Å²) < 4.78 is 5.22. The van der Waals surface area contributed by atoms with E-state index >= 15 is 0 Å². The number of benzene rings is 1. The van der Waals surface area contributed by atoms with Gasteiger partial charge in [0.25, 0.3) is 0 Å². The van der Waals surface area contributed by atoms with Crippen LogP contribution in [0, 0.1) is 0 Å². The van der Waals surface area contributed by atoms with E-state index in [1.807, 2.05) is 12.1 Å². The van der Waals surface area contributed by atoms with Gasteiger partial charge in [0.05, 0.1) is 12.6 Å². The maximum Gasteiger partial charge on any atom is 0.118 e. The summed E-state index contributed by atoms with van der Waals surface area (Å²) in [5.41, 5.74) is 7.44. The average molecular weight is 278 g/mol. The molecule has 0 saturated heterocycles. The van der Waals surface area contributed by atoms with E-state index in [4.69, 9.17) is 10.5 Å². The smallest absolute Gasteiger partial charge is 0.118 e. The highest BCUT2D eigenvalue weighted by Gasteiger charge is 2.32. The Balaban J connectivity index is 2.93. The third-order valence-electron chi connectivity index (χ3n) is 4.15. The summed E-state index contributed by atoms with van der Waals surface area (Å²) in [7, 11) is 1.68. The Hall–Kier alpha value is -1.06. The summed E-state index contributed by atoms with van der Waals surface area (Å²) in [6, 6.07) is 8.42. The first-order valence-corrected chi connectivity index (χ1v) is 7.64. The molecule has 3 nitrogen and oxygen atoms in total. The zero-order valence-corrected chi connectivity index (χ0v) is 13.6. The summed E-state index contributed by atoms with van der Waals surface area (Å²) in [4.78, 5) is 2.49. The Morgan fingerprint density at radius 1 is 1.15 bits per heavy atom. The first kappa shape index (κ1) is 17.0. The lowest BCUT2D eigenvalue weighted by molar-refractivity contribution is 0.140. The van der Waals surface area contributed by atoms with Crippen LogP contribution in [-0.2, 0) is 5.54 Å². The molecule has 114 valence electrons. The summed E-state index contributed by atoms with van der Waals surface area (Å²) in [6.45, 7) is 11.0. The molecule has 0 aliphatic heterocycles. The van der Waals surface area contributed by atoms with Crippen LogP contribution in [0.2, 0.25) is 0 Å². The molecule has 3 heteroatoms. The van der Waals surface area contributed by atoms with E-state index in [9.17, 15) is 0 Å². The summed E-state index contributed by atoms with van der Waals surface area (Å²) in [6.07, 6.45) is 2.31. The maximum atomic E-state index is 6.65. The molecule has 20 heavy (non-hydrogen) atoms. The normalized spacial score (nSPS) is 15.9. The molecular formula is C17H30N2O. The van der Waals surface area contributed by atoms with Crippen LogP contribution in [0.4, 0.5) is 0 Å². The molecule has 0 saturated carbocycles. The van der Waals surface area contributed by atoms with Crippen molar-refractivity contribution < 1.29 is 4.74 Å². The minimum absolute atomic E-state index is 0.302. The fraction of sp³-hybridized carbons (Fsp3) is 0.647. The molecule has 0 fully saturated rings. The van der Waals surface area contributed by atoms with Crippen LogP contribution in [0.5, 0.6) is 5.75 Å². The van der Waals surface area contributed by atoms with Gasteiger partial charge in [-0.2, -0.15) is 0 Å². The lowest BCUT2D eigenvalue weighted by atomic mass is 9.85. The molecule has 0 bridgehead atoms. The van der Waals surface area contributed by atoms with E-state index in [2.05, 4.69) is 44.7 Å². The van der Waals surface area contributed by atoms with Crippen molar-refractivity contribution in [2.75, 3.05) is 20.2 Å². The standard InChI is InChI=1S/C17H30N2O/c1-6-12-19(13-7-2)14(3)17(4,18)15-8-10-16(20-5)11-9-15/h8-11,14H,6-7,12-13,18H2,1-5H3. The fourth-order valence-corrected chi connectivity index (χ4v) is 2.64. The molecule has 1 rings (SSSR count). The van der Waals surface area contributed by atoms with Crippen LogP contribution in [0.25, 0.3) is 0 Å². The molecule has 2 atom stereocenters. The van der Waals surface area contributed by atoms with Gasteiger partial charge in [-0.1, -0.05) is 26.0 Å². The topological polar surface area (TPSA) is 38.5 Å². The van der Waals surface area contributed by atoms with Crippen molar-refractivity contribution in [2.45, 2.75) is 52.1 Å². The Kier molecular flexibility index (Phi) is 6.50. The molecule has 0 heterocycles. The molecular weight excluding hydrogens is 248 g/mol. The third-order valence-corrected chi connectivity index (χ3v) is 4.15. The number of hydrogen-bond donors (Lipinski definition) is 1. The van der Waals surface area contributed by atoms with Crippen molar-refractivity contribution in [3.8, 4) is 5.75 Å². The van der Waals surface area contributed by atoms with Crippen molar-refractivity contribution in [3.05, 3.63) is 29.8 Å². The molecule has 1 aromatic rings. The van der Waals surface area contributed by atoms with Gasteiger partial charge in [-0.15, -0.1) is 0 Å². The van der Waals surface area contributed by atoms with Crippen LogP contribution in [-0.4, -0.2) is 31.1 Å². The molecule has 0 spiro atoms. The van der Waals surface area contributed by atoms with Gasteiger partial charge in [0.15, 0.2) is 0 Å². The monoisotopic (exact) mass is 278 g/mol. The fourth-order valence-electron chi connectivity index (χ4n) is 2.64. The Bertz CT molecular complexity index is 380. The van der Waals surface area contributed by atoms with Crippen LogP contribution in [0.1, 0.15) is 46.1 Å². The molecule has 0 amide bonds. The highest BCUT2D eigenvalue weighted by atomic mass is 16.5. The Morgan fingerprint density at radius 3 is 2.05 bits per heavy atom. The van der Waals surface area contributed by atoms with E-state index in [1.54, 1.807) is 7.11 Å². The van der Waals surface area contributed by atoms with Crippen LogP contribution in [0.15, 0.2) is 24.3 Å². The third kappa shape index (κ3) is 3.97. The van der Waals surface area contributed by atoms with Gasteiger partial charge in [0.1, 0.15) is 5.75 Å². The second-order valence-electron chi connectivity index (χ2n) is 5.72. The Morgan fingerprint density at radius 2 is 1.65 bits per heavy atom. The van der Waals surface area contributed by atoms with Gasteiger partial charge in [-0.25, -0.2) is 0 Å². The largest absolute Gasteiger partial charge is 0.497 e. The molecule has 1 aromatic carbocycles.